The van der Waals surface area contributed by atoms with Gasteiger partial charge in [-0.15, -0.1) is 0 Å². The van der Waals surface area contributed by atoms with Crippen LogP contribution in [0, 0.1) is 5.82 Å². The fourth-order valence-electron chi connectivity index (χ4n) is 2.08. The van der Waals surface area contributed by atoms with Gasteiger partial charge in [0, 0.05) is 30.3 Å². The normalized spacial score (nSPS) is 11.2. The first-order chi connectivity index (χ1) is 8.16. The summed E-state index contributed by atoms with van der Waals surface area (Å²) >= 11 is 0. The van der Waals surface area contributed by atoms with Crippen LogP contribution in [0.3, 0.4) is 0 Å². The minimum absolute atomic E-state index is 0.244. The smallest absolute Gasteiger partial charge is 0.145 e. The lowest BCUT2D eigenvalue weighted by Crippen LogP contribution is -1.83. The van der Waals surface area contributed by atoms with Crippen molar-refractivity contribution < 1.29 is 4.39 Å². The van der Waals surface area contributed by atoms with Crippen molar-refractivity contribution >= 4 is 16.7 Å². The van der Waals surface area contributed by atoms with Crippen molar-refractivity contribution in [1.29, 1.82) is 0 Å². The highest BCUT2D eigenvalue weighted by Gasteiger charge is 2.13. The monoisotopic (exact) mass is 230 g/mol. The van der Waals surface area contributed by atoms with Gasteiger partial charge in [-0.2, -0.15) is 5.10 Å². The van der Waals surface area contributed by atoms with Crippen molar-refractivity contribution in [2.75, 3.05) is 5.73 Å². The quantitative estimate of drug-likeness (QED) is 0.673. The largest absolute Gasteiger partial charge is 0.382 e. The summed E-state index contributed by atoms with van der Waals surface area (Å²) in [5.41, 5.74) is 7.89. The summed E-state index contributed by atoms with van der Waals surface area (Å²) in [6, 6.07) is 6.72. The molecule has 0 spiro atoms. The molecule has 4 nitrogen and oxygen atoms in total. The van der Waals surface area contributed by atoms with E-state index in [9.17, 15) is 4.39 Å². The lowest BCUT2D eigenvalue weighted by atomic mass is 10.1. The molecule has 0 aliphatic carbocycles. The van der Waals surface area contributed by atoms with Gasteiger partial charge in [0.25, 0.3) is 0 Å². The number of aryl methyl sites for hydroxylation is 1. The number of halogens is 1. The Morgan fingerprint density at radius 3 is 2.94 bits per heavy atom. The maximum Gasteiger partial charge on any atom is 0.145 e. The summed E-state index contributed by atoms with van der Waals surface area (Å²) in [5, 5.41) is 7.24. The number of aromatic nitrogens is 3. The van der Waals surface area contributed by atoms with Gasteiger partial charge in [-0.3, -0.25) is 5.10 Å². The number of hydrogen-bond donors (Lipinski definition) is 2. The van der Waals surface area contributed by atoms with E-state index in [4.69, 9.17) is 5.73 Å². The summed E-state index contributed by atoms with van der Waals surface area (Å²) in [5.74, 6) is 0.152. The van der Waals surface area contributed by atoms with Gasteiger partial charge in [0.1, 0.15) is 11.6 Å². The van der Waals surface area contributed by atoms with Gasteiger partial charge in [-0.1, -0.05) is 6.07 Å². The van der Waals surface area contributed by atoms with Gasteiger partial charge in [0.2, 0.25) is 0 Å². The summed E-state index contributed by atoms with van der Waals surface area (Å²) in [6.45, 7) is 0. The number of nitrogen functional groups attached to an aromatic ring is 1. The van der Waals surface area contributed by atoms with E-state index >= 15 is 0 Å². The van der Waals surface area contributed by atoms with Crippen LogP contribution in [0.25, 0.3) is 22.2 Å². The molecular formula is C12H11FN4. The number of rotatable bonds is 1. The number of aromatic amines is 1. The molecule has 86 valence electrons. The summed E-state index contributed by atoms with van der Waals surface area (Å²) in [4.78, 5) is 0. The third-order valence-electron chi connectivity index (χ3n) is 2.85. The van der Waals surface area contributed by atoms with Crippen LogP contribution >= 0.6 is 0 Å². The summed E-state index contributed by atoms with van der Waals surface area (Å²) in [7, 11) is 1.88. The minimum Gasteiger partial charge on any atom is -0.382 e. The highest BCUT2D eigenvalue weighted by Crippen LogP contribution is 2.31. The summed E-state index contributed by atoms with van der Waals surface area (Å²) in [6.07, 6.45) is 1.86. The zero-order valence-electron chi connectivity index (χ0n) is 9.24. The first-order valence-electron chi connectivity index (χ1n) is 5.21. The molecule has 0 radical (unpaired) electrons. The molecule has 0 saturated carbocycles. The van der Waals surface area contributed by atoms with E-state index in [1.165, 1.54) is 6.07 Å². The molecule has 3 N–H and O–H groups in total. The average Bonchev–Trinajstić information content (AvgIpc) is 2.85. The molecule has 0 aliphatic rings. The second-order valence-corrected chi connectivity index (χ2v) is 3.99. The second kappa shape index (κ2) is 3.35. The summed E-state index contributed by atoms with van der Waals surface area (Å²) < 4.78 is 15.8. The van der Waals surface area contributed by atoms with Crippen LogP contribution in [0.4, 0.5) is 10.2 Å². The predicted octanol–water partition coefficient (Wildman–Crippen LogP) is 2.29. The molecule has 2 heterocycles. The van der Waals surface area contributed by atoms with E-state index in [0.717, 1.165) is 16.8 Å². The molecule has 0 amide bonds. The average molecular weight is 230 g/mol. The first kappa shape index (κ1) is 9.89. The van der Waals surface area contributed by atoms with Gasteiger partial charge < -0.3 is 10.3 Å². The number of fused-ring (bicyclic) bond motifs is 1. The molecule has 2 aromatic heterocycles. The van der Waals surface area contributed by atoms with E-state index in [-0.39, 0.29) is 5.82 Å². The number of benzene rings is 1. The van der Waals surface area contributed by atoms with Gasteiger partial charge in [0.15, 0.2) is 0 Å². The highest BCUT2D eigenvalue weighted by atomic mass is 19.1. The molecule has 3 aromatic rings. The Labute approximate surface area is 96.9 Å². The third kappa shape index (κ3) is 1.39. The molecule has 1 aromatic carbocycles. The van der Waals surface area contributed by atoms with Crippen LogP contribution in [0.1, 0.15) is 0 Å². The van der Waals surface area contributed by atoms with E-state index in [2.05, 4.69) is 10.2 Å². The number of nitrogens with two attached hydrogens (primary N) is 1. The Morgan fingerprint density at radius 2 is 2.24 bits per heavy atom. The topological polar surface area (TPSA) is 59.6 Å². The Bertz CT molecular complexity index is 696. The number of hydrogen-bond acceptors (Lipinski definition) is 2. The second-order valence-electron chi connectivity index (χ2n) is 3.99. The van der Waals surface area contributed by atoms with Crippen molar-refractivity contribution in [3.8, 4) is 11.3 Å². The number of nitrogens with zero attached hydrogens (tertiary/aromatic N) is 2. The maximum atomic E-state index is 13.9. The fraction of sp³-hybridized carbons (Fsp3) is 0.0833. The van der Waals surface area contributed by atoms with Gasteiger partial charge >= 0.3 is 0 Å². The Kier molecular flexibility index (Phi) is 1.95. The van der Waals surface area contributed by atoms with Crippen molar-refractivity contribution in [2.45, 2.75) is 0 Å². The van der Waals surface area contributed by atoms with Crippen LogP contribution in [0.5, 0.6) is 0 Å². The van der Waals surface area contributed by atoms with E-state index in [0.29, 0.717) is 11.2 Å². The lowest BCUT2D eigenvalue weighted by Gasteiger charge is -1.97. The van der Waals surface area contributed by atoms with Crippen molar-refractivity contribution in [3.63, 3.8) is 0 Å². The van der Waals surface area contributed by atoms with E-state index in [1.807, 2.05) is 23.9 Å². The first-order valence-corrected chi connectivity index (χ1v) is 5.21. The zero-order chi connectivity index (χ0) is 12.0. The highest BCUT2D eigenvalue weighted by molar-refractivity contribution is 5.95. The van der Waals surface area contributed by atoms with Crippen LogP contribution in [-0.4, -0.2) is 14.8 Å². The molecule has 0 unspecified atom stereocenters. The molecule has 0 aliphatic heterocycles. The Balaban J connectivity index is 2.37. The molecule has 0 atom stereocenters. The molecular weight excluding hydrogens is 219 g/mol. The standard InChI is InChI=1S/C12H11FN4/c1-17-6-7(9-5-11(14)16-15-9)12-8(13)3-2-4-10(12)17/h2-6H,1H3,(H3,14,15,16). The molecule has 17 heavy (non-hydrogen) atoms. The Morgan fingerprint density at radius 1 is 1.41 bits per heavy atom. The number of H-pyrrole nitrogens is 1. The SMILES string of the molecule is Cn1cc(-c2cc(N)n[nH]2)c2c(F)cccc21. The van der Waals surface area contributed by atoms with Crippen molar-refractivity contribution in [2.24, 2.45) is 7.05 Å². The molecule has 3 rings (SSSR count). The molecule has 0 bridgehead atoms. The van der Waals surface area contributed by atoms with Crippen LogP contribution in [0.15, 0.2) is 30.5 Å². The number of nitrogens with one attached hydrogen (secondary N) is 1. The predicted molar refractivity (Wildman–Crippen MR) is 64.9 cm³/mol. The molecule has 5 heteroatoms. The fourth-order valence-corrected chi connectivity index (χ4v) is 2.08. The molecule has 0 saturated heterocycles. The van der Waals surface area contributed by atoms with Gasteiger partial charge in [-0.25, -0.2) is 4.39 Å². The van der Waals surface area contributed by atoms with Crippen LogP contribution in [-0.2, 0) is 7.05 Å². The number of anilines is 1. The lowest BCUT2D eigenvalue weighted by molar-refractivity contribution is 0.640. The van der Waals surface area contributed by atoms with Crippen molar-refractivity contribution in [3.05, 3.63) is 36.3 Å². The minimum atomic E-state index is -0.244. The van der Waals surface area contributed by atoms with E-state index in [1.54, 1.807) is 12.1 Å². The van der Waals surface area contributed by atoms with Crippen LogP contribution in [0.2, 0.25) is 0 Å². The van der Waals surface area contributed by atoms with Crippen molar-refractivity contribution in [1.82, 2.24) is 14.8 Å². The van der Waals surface area contributed by atoms with Gasteiger partial charge in [0.05, 0.1) is 11.2 Å². The third-order valence-corrected chi connectivity index (χ3v) is 2.85. The zero-order valence-corrected chi connectivity index (χ0v) is 9.24. The van der Waals surface area contributed by atoms with Crippen LogP contribution < -0.4 is 5.73 Å². The van der Waals surface area contributed by atoms with E-state index < -0.39 is 0 Å². The molecule has 0 fully saturated rings. The maximum absolute atomic E-state index is 13.9. The van der Waals surface area contributed by atoms with Gasteiger partial charge in [-0.05, 0) is 12.1 Å². The Hall–Kier alpha value is -2.30.